The third-order valence-corrected chi connectivity index (χ3v) is 4.40. The van der Waals surface area contributed by atoms with E-state index in [0.29, 0.717) is 0 Å². The van der Waals surface area contributed by atoms with Crippen molar-refractivity contribution in [3.8, 4) is 0 Å². The Morgan fingerprint density at radius 1 is 1.12 bits per heavy atom. The third-order valence-electron chi connectivity index (χ3n) is 4.40. The fourth-order valence-electron chi connectivity index (χ4n) is 3.19. The second-order valence-corrected chi connectivity index (χ2v) is 7.02. The lowest BCUT2D eigenvalue weighted by molar-refractivity contribution is -0.283. The van der Waals surface area contributed by atoms with Crippen molar-refractivity contribution >= 4 is 17.8 Å². The van der Waals surface area contributed by atoms with Crippen LogP contribution in [0.3, 0.4) is 0 Å². The number of hydrogen-bond acceptors (Lipinski definition) is 9. The number of ether oxygens (including phenoxy) is 5. The molecular weight excluding hydrogens is 429 g/mol. The van der Waals surface area contributed by atoms with Gasteiger partial charge in [0.05, 0.1) is 6.61 Å². The minimum absolute atomic E-state index is 0.223. The molecule has 0 aliphatic carbocycles. The summed E-state index contributed by atoms with van der Waals surface area (Å²) in [4.78, 5) is 34.9. The van der Waals surface area contributed by atoms with Crippen molar-refractivity contribution in [1.82, 2.24) is 5.32 Å². The number of rotatable bonds is 9. The van der Waals surface area contributed by atoms with E-state index >= 15 is 0 Å². The Morgan fingerprint density at radius 2 is 1.81 bits per heavy atom. The van der Waals surface area contributed by atoms with E-state index in [9.17, 15) is 23.9 Å². The number of hydrogen-bond donors (Lipinski definition) is 2. The Balaban J connectivity index is 2.37. The molecule has 0 unspecified atom stereocenters. The number of aliphatic hydroxyl groups is 1. The lowest BCUT2D eigenvalue weighted by Crippen LogP contribution is -2.66. The molecule has 0 aromatic heterocycles. The SMILES string of the molecule is C=C(O)O[C@H]1[C@H](OC(C)=O)[C@H](NC(C)=O)[C@H](OCc2ccccc2F)O[C@H]1COC(C)=O. The maximum atomic E-state index is 14.0. The van der Waals surface area contributed by atoms with Crippen LogP contribution >= 0.6 is 0 Å². The number of carbonyl (C=O) groups excluding carboxylic acids is 3. The minimum atomic E-state index is -1.25. The van der Waals surface area contributed by atoms with Gasteiger partial charge in [0.15, 0.2) is 18.5 Å². The van der Waals surface area contributed by atoms with Gasteiger partial charge in [-0.1, -0.05) is 18.2 Å². The van der Waals surface area contributed by atoms with Crippen LogP contribution in [0.25, 0.3) is 0 Å². The highest BCUT2D eigenvalue weighted by molar-refractivity contribution is 5.73. The molecule has 2 rings (SSSR count). The Labute approximate surface area is 184 Å². The van der Waals surface area contributed by atoms with Gasteiger partial charge in [0.25, 0.3) is 5.95 Å². The number of esters is 2. The van der Waals surface area contributed by atoms with Crippen molar-refractivity contribution < 1.29 is 47.6 Å². The smallest absolute Gasteiger partial charge is 0.303 e. The van der Waals surface area contributed by atoms with E-state index in [-0.39, 0.29) is 18.8 Å². The van der Waals surface area contributed by atoms with E-state index in [4.69, 9.17) is 23.7 Å². The zero-order chi connectivity index (χ0) is 23.8. The normalized spacial score (nSPS) is 24.8. The highest BCUT2D eigenvalue weighted by Gasteiger charge is 2.51. The van der Waals surface area contributed by atoms with Crippen LogP contribution in [-0.2, 0) is 44.7 Å². The molecular formula is C21H26FNO9. The van der Waals surface area contributed by atoms with Crippen LogP contribution in [0.5, 0.6) is 0 Å². The van der Waals surface area contributed by atoms with Crippen molar-refractivity contribution in [2.24, 2.45) is 0 Å². The first-order valence-corrected chi connectivity index (χ1v) is 9.71. The second-order valence-electron chi connectivity index (χ2n) is 7.02. The molecule has 1 fully saturated rings. The Hall–Kier alpha value is -3.18. The van der Waals surface area contributed by atoms with Crippen LogP contribution in [0.4, 0.5) is 4.39 Å². The molecule has 32 heavy (non-hydrogen) atoms. The van der Waals surface area contributed by atoms with Crippen LogP contribution in [0.15, 0.2) is 36.8 Å². The van der Waals surface area contributed by atoms with Gasteiger partial charge in [0, 0.05) is 26.3 Å². The quantitative estimate of drug-likeness (QED) is 0.420. The first kappa shape index (κ1) is 25.1. The van der Waals surface area contributed by atoms with E-state index in [1.807, 2.05) is 0 Å². The number of amides is 1. The molecule has 11 heteroatoms. The van der Waals surface area contributed by atoms with Gasteiger partial charge in [-0.25, -0.2) is 4.39 Å². The second kappa shape index (κ2) is 11.4. The van der Waals surface area contributed by atoms with Gasteiger partial charge in [-0.15, -0.1) is 0 Å². The molecule has 0 spiro atoms. The van der Waals surface area contributed by atoms with Gasteiger partial charge in [-0.3, -0.25) is 14.4 Å². The average molecular weight is 455 g/mol. The molecule has 1 amide bonds. The van der Waals surface area contributed by atoms with Crippen molar-refractivity contribution in [2.75, 3.05) is 6.61 Å². The van der Waals surface area contributed by atoms with Gasteiger partial charge in [-0.2, -0.15) is 0 Å². The summed E-state index contributed by atoms with van der Waals surface area (Å²) in [6.07, 6.45) is -4.81. The molecule has 10 nitrogen and oxygen atoms in total. The number of halogens is 1. The highest BCUT2D eigenvalue weighted by atomic mass is 19.1. The van der Waals surface area contributed by atoms with Crippen molar-refractivity contribution in [2.45, 2.75) is 58.0 Å². The van der Waals surface area contributed by atoms with Gasteiger partial charge in [0.2, 0.25) is 5.91 Å². The van der Waals surface area contributed by atoms with E-state index in [1.54, 1.807) is 6.07 Å². The maximum absolute atomic E-state index is 14.0. The molecule has 0 saturated carbocycles. The van der Waals surface area contributed by atoms with Gasteiger partial charge in [0.1, 0.15) is 24.6 Å². The van der Waals surface area contributed by atoms with Crippen molar-refractivity contribution in [3.05, 3.63) is 48.2 Å². The molecule has 0 bridgehead atoms. The Morgan fingerprint density at radius 3 is 2.38 bits per heavy atom. The van der Waals surface area contributed by atoms with Crippen molar-refractivity contribution in [3.63, 3.8) is 0 Å². The summed E-state index contributed by atoms with van der Waals surface area (Å²) in [7, 11) is 0. The summed E-state index contributed by atoms with van der Waals surface area (Å²) in [5, 5.41) is 12.2. The topological polar surface area (TPSA) is 130 Å². The minimum Gasteiger partial charge on any atom is -0.481 e. The first-order chi connectivity index (χ1) is 15.1. The molecule has 1 saturated heterocycles. The highest BCUT2D eigenvalue weighted by Crippen LogP contribution is 2.29. The monoisotopic (exact) mass is 455 g/mol. The summed E-state index contributed by atoms with van der Waals surface area (Å²) in [5.74, 6) is -3.06. The molecule has 1 aromatic rings. The summed E-state index contributed by atoms with van der Waals surface area (Å²) >= 11 is 0. The van der Waals surface area contributed by atoms with Crippen LogP contribution < -0.4 is 5.32 Å². The first-order valence-electron chi connectivity index (χ1n) is 9.71. The molecule has 1 heterocycles. The molecule has 2 N–H and O–H groups in total. The Bertz CT molecular complexity index is 846. The lowest BCUT2D eigenvalue weighted by Gasteiger charge is -2.45. The Kier molecular flexibility index (Phi) is 8.97. The van der Waals surface area contributed by atoms with E-state index in [0.717, 1.165) is 6.92 Å². The molecule has 1 aliphatic rings. The summed E-state index contributed by atoms with van der Waals surface area (Å²) in [5.41, 5.74) is 0.223. The van der Waals surface area contributed by atoms with E-state index < -0.39 is 60.3 Å². The summed E-state index contributed by atoms with van der Waals surface area (Å²) in [6, 6.07) is 4.80. The van der Waals surface area contributed by atoms with Gasteiger partial charge >= 0.3 is 11.9 Å². The number of nitrogens with one attached hydrogen (secondary N) is 1. The van der Waals surface area contributed by atoms with Crippen LogP contribution in [-0.4, -0.2) is 60.2 Å². The van der Waals surface area contributed by atoms with E-state index in [2.05, 4.69) is 11.9 Å². The third kappa shape index (κ3) is 7.20. The number of carbonyl (C=O) groups is 3. The number of benzene rings is 1. The number of aliphatic hydroxyl groups excluding tert-OH is 1. The lowest BCUT2D eigenvalue weighted by atomic mass is 9.96. The molecule has 0 radical (unpaired) electrons. The zero-order valence-corrected chi connectivity index (χ0v) is 17.9. The van der Waals surface area contributed by atoms with E-state index in [1.165, 1.54) is 32.0 Å². The fourth-order valence-corrected chi connectivity index (χ4v) is 3.19. The zero-order valence-electron chi connectivity index (χ0n) is 17.9. The molecule has 5 atom stereocenters. The van der Waals surface area contributed by atoms with Crippen molar-refractivity contribution in [1.29, 1.82) is 0 Å². The molecule has 176 valence electrons. The van der Waals surface area contributed by atoms with Gasteiger partial charge in [-0.05, 0) is 12.6 Å². The van der Waals surface area contributed by atoms with Gasteiger partial charge < -0.3 is 34.1 Å². The average Bonchev–Trinajstić information content (AvgIpc) is 2.68. The standard InChI is InChI=1S/C21H26FNO9/c1-11(24)23-18-20(31-14(4)27)19(30-13(3)26)17(10-28-12(2)25)32-21(18)29-9-15-7-5-6-8-16(15)22/h5-8,17-21,26H,3,9-10H2,1-2,4H3,(H,23,24)/t17-,18-,19+,20+,21+/m0/s1. The molecule has 1 aromatic carbocycles. The van der Waals surface area contributed by atoms with Crippen LogP contribution in [0, 0.1) is 5.82 Å². The molecule has 1 aliphatic heterocycles. The van der Waals surface area contributed by atoms with Crippen LogP contribution in [0.1, 0.15) is 26.3 Å². The predicted molar refractivity (Wildman–Crippen MR) is 106 cm³/mol. The fraction of sp³-hybridized carbons (Fsp3) is 0.476. The summed E-state index contributed by atoms with van der Waals surface area (Å²) < 4.78 is 41.2. The summed E-state index contributed by atoms with van der Waals surface area (Å²) in [6.45, 7) is 6.21. The van der Waals surface area contributed by atoms with Crippen LogP contribution in [0.2, 0.25) is 0 Å². The maximum Gasteiger partial charge on any atom is 0.303 e. The largest absolute Gasteiger partial charge is 0.481 e. The predicted octanol–water partition coefficient (Wildman–Crippen LogP) is 1.48.